The fourth-order valence-electron chi connectivity index (χ4n) is 3.37. The standard InChI is InChI=1S/C24H25FN6/c1-16(2)14-27-24-26-11-9-20(28-24)23-22(18-5-7-19(25)8-6-18)29-21-13-17(15-30(3)4)10-12-31(21)23/h5-14H,15H2,1-4H3,(H,26,27,28). The number of rotatable bonds is 6. The molecule has 0 amide bonds. The van der Waals surface area contributed by atoms with Gasteiger partial charge in [-0.05, 0) is 76.0 Å². The molecule has 7 heteroatoms. The van der Waals surface area contributed by atoms with Gasteiger partial charge >= 0.3 is 0 Å². The van der Waals surface area contributed by atoms with Crippen LogP contribution < -0.4 is 5.32 Å². The quantitative estimate of drug-likeness (QED) is 0.480. The van der Waals surface area contributed by atoms with Gasteiger partial charge in [0.25, 0.3) is 0 Å². The molecule has 1 N–H and O–H groups in total. The Morgan fingerprint density at radius 3 is 2.58 bits per heavy atom. The van der Waals surface area contributed by atoms with E-state index in [4.69, 9.17) is 9.97 Å². The number of hydrogen-bond acceptors (Lipinski definition) is 5. The molecule has 0 saturated carbocycles. The van der Waals surface area contributed by atoms with Gasteiger partial charge in [-0.2, -0.15) is 0 Å². The maximum Gasteiger partial charge on any atom is 0.227 e. The summed E-state index contributed by atoms with van der Waals surface area (Å²) in [7, 11) is 4.07. The van der Waals surface area contributed by atoms with Gasteiger partial charge in [0.15, 0.2) is 0 Å². The summed E-state index contributed by atoms with van der Waals surface area (Å²) in [6.07, 6.45) is 5.59. The highest BCUT2D eigenvalue weighted by molar-refractivity contribution is 5.80. The number of allylic oxidation sites excluding steroid dienone is 1. The van der Waals surface area contributed by atoms with Crippen LogP contribution in [0.2, 0.25) is 0 Å². The lowest BCUT2D eigenvalue weighted by Crippen LogP contribution is -2.10. The molecule has 0 fully saturated rings. The van der Waals surface area contributed by atoms with Crippen LogP contribution in [0.25, 0.3) is 28.3 Å². The Balaban J connectivity index is 1.89. The number of fused-ring (bicyclic) bond motifs is 1. The van der Waals surface area contributed by atoms with Gasteiger partial charge in [0, 0.05) is 30.7 Å². The van der Waals surface area contributed by atoms with Gasteiger partial charge in [0.1, 0.15) is 11.5 Å². The first-order chi connectivity index (χ1) is 14.9. The summed E-state index contributed by atoms with van der Waals surface area (Å²) in [6, 6.07) is 12.4. The molecule has 158 valence electrons. The van der Waals surface area contributed by atoms with Crippen molar-refractivity contribution >= 4 is 11.6 Å². The van der Waals surface area contributed by atoms with Gasteiger partial charge in [0.2, 0.25) is 5.95 Å². The minimum atomic E-state index is -0.280. The minimum Gasteiger partial charge on any atom is -0.331 e. The lowest BCUT2D eigenvalue weighted by molar-refractivity contribution is 0.402. The molecule has 0 aliphatic carbocycles. The predicted octanol–water partition coefficient (Wildman–Crippen LogP) is 4.99. The maximum absolute atomic E-state index is 13.5. The van der Waals surface area contributed by atoms with E-state index in [2.05, 4.69) is 27.3 Å². The van der Waals surface area contributed by atoms with Crippen molar-refractivity contribution in [3.8, 4) is 22.6 Å². The van der Waals surface area contributed by atoms with E-state index < -0.39 is 0 Å². The monoisotopic (exact) mass is 416 g/mol. The van der Waals surface area contributed by atoms with Crippen LogP contribution in [0.3, 0.4) is 0 Å². The topological polar surface area (TPSA) is 58.4 Å². The Morgan fingerprint density at radius 1 is 1.10 bits per heavy atom. The molecule has 3 heterocycles. The lowest BCUT2D eigenvalue weighted by Gasteiger charge is -2.10. The summed E-state index contributed by atoms with van der Waals surface area (Å²) in [4.78, 5) is 16.0. The van der Waals surface area contributed by atoms with Crippen molar-refractivity contribution in [2.45, 2.75) is 20.4 Å². The van der Waals surface area contributed by atoms with Crippen molar-refractivity contribution in [2.75, 3.05) is 19.4 Å². The van der Waals surface area contributed by atoms with E-state index >= 15 is 0 Å². The van der Waals surface area contributed by atoms with E-state index in [0.29, 0.717) is 5.95 Å². The second-order valence-corrected chi connectivity index (χ2v) is 7.95. The number of aromatic nitrogens is 4. The third kappa shape index (κ3) is 4.62. The smallest absolute Gasteiger partial charge is 0.227 e. The van der Waals surface area contributed by atoms with Gasteiger partial charge in [-0.25, -0.2) is 19.3 Å². The first kappa shape index (κ1) is 20.7. The molecule has 0 saturated heterocycles. The van der Waals surface area contributed by atoms with Crippen LogP contribution in [-0.2, 0) is 6.54 Å². The highest BCUT2D eigenvalue weighted by atomic mass is 19.1. The number of hydrogen-bond donors (Lipinski definition) is 1. The molecule has 0 spiro atoms. The first-order valence-electron chi connectivity index (χ1n) is 10.1. The van der Waals surface area contributed by atoms with E-state index in [1.807, 2.05) is 50.8 Å². The number of anilines is 1. The molecule has 0 aliphatic heterocycles. The fourth-order valence-corrected chi connectivity index (χ4v) is 3.37. The van der Waals surface area contributed by atoms with Gasteiger partial charge in [-0.1, -0.05) is 5.57 Å². The van der Waals surface area contributed by atoms with Crippen molar-refractivity contribution in [3.05, 3.63) is 78.0 Å². The zero-order valence-electron chi connectivity index (χ0n) is 18.1. The number of benzene rings is 1. The summed E-state index contributed by atoms with van der Waals surface area (Å²) < 4.78 is 15.6. The molecular formula is C24H25FN6. The first-order valence-corrected chi connectivity index (χ1v) is 10.1. The molecule has 0 bridgehead atoms. The number of pyridine rings is 1. The van der Waals surface area contributed by atoms with Crippen molar-refractivity contribution in [1.29, 1.82) is 0 Å². The third-order valence-corrected chi connectivity index (χ3v) is 4.70. The Bertz CT molecular complexity index is 1240. The van der Waals surface area contributed by atoms with Gasteiger partial charge < -0.3 is 10.2 Å². The van der Waals surface area contributed by atoms with Gasteiger partial charge in [-0.15, -0.1) is 0 Å². The van der Waals surface area contributed by atoms with E-state index in [1.54, 1.807) is 18.3 Å². The zero-order chi connectivity index (χ0) is 22.0. The summed E-state index contributed by atoms with van der Waals surface area (Å²) >= 11 is 0. The van der Waals surface area contributed by atoms with Crippen LogP contribution in [-0.4, -0.2) is 38.3 Å². The second kappa shape index (κ2) is 8.65. The van der Waals surface area contributed by atoms with Crippen LogP contribution in [0.4, 0.5) is 10.3 Å². The van der Waals surface area contributed by atoms with E-state index in [0.717, 1.165) is 46.0 Å². The maximum atomic E-state index is 13.5. The third-order valence-electron chi connectivity index (χ3n) is 4.70. The average molecular weight is 417 g/mol. The van der Waals surface area contributed by atoms with E-state index in [-0.39, 0.29) is 5.82 Å². The van der Waals surface area contributed by atoms with Crippen LogP contribution in [0.5, 0.6) is 0 Å². The predicted molar refractivity (Wildman–Crippen MR) is 122 cm³/mol. The zero-order valence-corrected chi connectivity index (χ0v) is 18.1. The molecule has 6 nitrogen and oxygen atoms in total. The molecule has 0 radical (unpaired) electrons. The number of imidazole rings is 1. The van der Waals surface area contributed by atoms with E-state index in [9.17, 15) is 4.39 Å². The molecule has 3 aromatic heterocycles. The summed E-state index contributed by atoms with van der Waals surface area (Å²) in [5.74, 6) is 0.223. The fraction of sp³-hybridized carbons (Fsp3) is 0.208. The van der Waals surface area contributed by atoms with Crippen LogP contribution in [0, 0.1) is 5.82 Å². The minimum absolute atomic E-state index is 0.280. The van der Waals surface area contributed by atoms with Crippen molar-refractivity contribution in [1.82, 2.24) is 24.3 Å². The summed E-state index contributed by atoms with van der Waals surface area (Å²) in [5.41, 5.74) is 6.22. The van der Waals surface area contributed by atoms with E-state index in [1.165, 1.54) is 12.1 Å². The molecule has 0 aliphatic rings. The molecule has 4 rings (SSSR count). The van der Waals surface area contributed by atoms with Crippen molar-refractivity contribution in [2.24, 2.45) is 0 Å². The van der Waals surface area contributed by atoms with Crippen LogP contribution in [0.1, 0.15) is 19.4 Å². The van der Waals surface area contributed by atoms with Crippen molar-refractivity contribution < 1.29 is 4.39 Å². The van der Waals surface area contributed by atoms with Crippen LogP contribution >= 0.6 is 0 Å². The molecule has 4 aromatic rings. The Morgan fingerprint density at radius 2 is 1.87 bits per heavy atom. The second-order valence-electron chi connectivity index (χ2n) is 7.95. The normalized spacial score (nSPS) is 11.2. The molecular weight excluding hydrogens is 391 g/mol. The SMILES string of the molecule is CC(C)=CNc1nccc(-c2c(-c3ccc(F)cc3)nc3cc(CN(C)C)ccn23)n1. The van der Waals surface area contributed by atoms with Crippen LogP contribution in [0.15, 0.2) is 66.6 Å². The molecule has 0 unspecified atom stereocenters. The average Bonchev–Trinajstić information content (AvgIpc) is 3.11. The number of nitrogens with zero attached hydrogens (tertiary/aromatic N) is 5. The van der Waals surface area contributed by atoms with Crippen molar-refractivity contribution in [3.63, 3.8) is 0 Å². The number of nitrogens with one attached hydrogen (secondary N) is 1. The highest BCUT2D eigenvalue weighted by Gasteiger charge is 2.18. The van der Waals surface area contributed by atoms with Gasteiger partial charge in [0.05, 0.1) is 17.1 Å². The molecule has 1 aromatic carbocycles. The molecule has 0 atom stereocenters. The highest BCUT2D eigenvalue weighted by Crippen LogP contribution is 2.32. The van der Waals surface area contributed by atoms with Gasteiger partial charge in [-0.3, -0.25) is 4.40 Å². The largest absolute Gasteiger partial charge is 0.331 e. The summed E-state index contributed by atoms with van der Waals surface area (Å²) in [6.45, 7) is 4.81. The Hall–Kier alpha value is -3.58. The molecule has 31 heavy (non-hydrogen) atoms. The summed E-state index contributed by atoms with van der Waals surface area (Å²) in [5, 5.41) is 3.12. The lowest BCUT2D eigenvalue weighted by atomic mass is 10.1. The Kier molecular flexibility index (Phi) is 5.77. The number of halogens is 1. The Labute approximate surface area is 181 Å².